The molecule has 3 rings (SSSR count). The zero-order valence-corrected chi connectivity index (χ0v) is 13.8. The zero-order chi connectivity index (χ0) is 16.4. The highest BCUT2D eigenvalue weighted by molar-refractivity contribution is 7.21. The number of methoxy groups -OCH3 is 2. The SMILES string of the molecule is C=C(C(=O)c1cc2ccc(OC)cc2s1)c1ccc(OC)cc1. The summed E-state index contributed by atoms with van der Waals surface area (Å²) in [4.78, 5) is 13.3. The van der Waals surface area contributed by atoms with Crippen LogP contribution in [0.3, 0.4) is 0 Å². The van der Waals surface area contributed by atoms with Gasteiger partial charge in [0.05, 0.1) is 19.1 Å². The molecule has 0 amide bonds. The minimum atomic E-state index is -0.0599. The van der Waals surface area contributed by atoms with Crippen LogP contribution in [0.4, 0.5) is 0 Å². The lowest BCUT2D eigenvalue weighted by atomic mass is 10.0. The Morgan fingerprint density at radius 2 is 1.61 bits per heavy atom. The molecule has 1 aromatic heterocycles. The largest absolute Gasteiger partial charge is 0.497 e. The molecule has 0 atom stereocenters. The van der Waals surface area contributed by atoms with E-state index in [4.69, 9.17) is 9.47 Å². The van der Waals surface area contributed by atoms with E-state index in [0.717, 1.165) is 27.1 Å². The minimum absolute atomic E-state index is 0.0599. The number of Topliss-reactive ketones (excluding diaryl/α,β-unsaturated/α-hetero) is 1. The predicted molar refractivity (Wildman–Crippen MR) is 94.7 cm³/mol. The highest BCUT2D eigenvalue weighted by Crippen LogP contribution is 2.32. The van der Waals surface area contributed by atoms with Crippen molar-refractivity contribution in [3.8, 4) is 11.5 Å². The van der Waals surface area contributed by atoms with Gasteiger partial charge in [0.2, 0.25) is 5.78 Å². The van der Waals surface area contributed by atoms with E-state index in [1.165, 1.54) is 11.3 Å². The van der Waals surface area contributed by atoms with Crippen LogP contribution in [-0.4, -0.2) is 20.0 Å². The Kier molecular flexibility index (Phi) is 4.17. The summed E-state index contributed by atoms with van der Waals surface area (Å²) in [7, 11) is 3.24. The lowest BCUT2D eigenvalue weighted by Gasteiger charge is -2.05. The number of carbonyl (C=O) groups excluding carboxylic acids is 1. The third-order valence-electron chi connectivity index (χ3n) is 3.66. The van der Waals surface area contributed by atoms with Gasteiger partial charge in [0.25, 0.3) is 0 Å². The van der Waals surface area contributed by atoms with E-state index in [1.54, 1.807) is 14.2 Å². The van der Waals surface area contributed by atoms with E-state index in [1.807, 2.05) is 48.5 Å². The minimum Gasteiger partial charge on any atom is -0.497 e. The summed E-state index contributed by atoms with van der Waals surface area (Å²) >= 11 is 1.45. The van der Waals surface area contributed by atoms with Crippen LogP contribution in [-0.2, 0) is 0 Å². The molecule has 1 heterocycles. The van der Waals surface area contributed by atoms with E-state index < -0.39 is 0 Å². The van der Waals surface area contributed by atoms with Crippen LogP contribution in [0.2, 0.25) is 0 Å². The van der Waals surface area contributed by atoms with E-state index in [0.29, 0.717) is 10.5 Å². The fourth-order valence-electron chi connectivity index (χ4n) is 2.32. The molecule has 0 bridgehead atoms. The van der Waals surface area contributed by atoms with E-state index in [-0.39, 0.29) is 5.78 Å². The molecule has 23 heavy (non-hydrogen) atoms. The first-order valence-corrected chi connectivity index (χ1v) is 7.89. The van der Waals surface area contributed by atoms with Crippen molar-refractivity contribution in [3.63, 3.8) is 0 Å². The summed E-state index contributed by atoms with van der Waals surface area (Å²) in [5.41, 5.74) is 1.28. The number of ketones is 1. The normalized spacial score (nSPS) is 10.5. The van der Waals surface area contributed by atoms with Gasteiger partial charge in [-0.3, -0.25) is 4.79 Å². The number of hydrogen-bond donors (Lipinski definition) is 0. The second-order valence-corrected chi connectivity index (χ2v) is 6.13. The summed E-state index contributed by atoms with van der Waals surface area (Å²) in [6.45, 7) is 3.95. The van der Waals surface area contributed by atoms with Crippen molar-refractivity contribution in [1.82, 2.24) is 0 Å². The second kappa shape index (κ2) is 6.26. The highest BCUT2D eigenvalue weighted by atomic mass is 32.1. The van der Waals surface area contributed by atoms with Crippen molar-refractivity contribution in [2.45, 2.75) is 0 Å². The van der Waals surface area contributed by atoms with Gasteiger partial charge in [-0.15, -0.1) is 11.3 Å². The number of ether oxygens (including phenoxy) is 2. The lowest BCUT2D eigenvalue weighted by molar-refractivity contribution is 0.106. The van der Waals surface area contributed by atoms with E-state index in [2.05, 4.69) is 6.58 Å². The van der Waals surface area contributed by atoms with Crippen molar-refractivity contribution in [3.05, 3.63) is 65.6 Å². The molecular formula is C19H16O3S. The van der Waals surface area contributed by atoms with Crippen molar-refractivity contribution >= 4 is 32.8 Å². The van der Waals surface area contributed by atoms with Crippen LogP contribution >= 0.6 is 11.3 Å². The second-order valence-electron chi connectivity index (χ2n) is 5.05. The number of hydrogen-bond acceptors (Lipinski definition) is 4. The molecule has 3 nitrogen and oxygen atoms in total. The fraction of sp³-hybridized carbons (Fsp3) is 0.105. The smallest absolute Gasteiger partial charge is 0.202 e. The third-order valence-corrected chi connectivity index (χ3v) is 4.76. The Hall–Kier alpha value is -2.59. The molecule has 0 N–H and O–H groups in total. The summed E-state index contributed by atoms with van der Waals surface area (Å²) in [5.74, 6) is 1.48. The molecule has 0 saturated heterocycles. The average molecular weight is 324 g/mol. The molecule has 3 aromatic rings. The van der Waals surface area contributed by atoms with Crippen molar-refractivity contribution in [1.29, 1.82) is 0 Å². The van der Waals surface area contributed by atoms with Crippen LogP contribution in [0.25, 0.3) is 15.7 Å². The van der Waals surface area contributed by atoms with Gasteiger partial charge in [-0.05, 0) is 47.3 Å². The van der Waals surface area contributed by atoms with Gasteiger partial charge in [-0.2, -0.15) is 0 Å². The lowest BCUT2D eigenvalue weighted by Crippen LogP contribution is -1.99. The molecular weight excluding hydrogens is 308 g/mol. The van der Waals surface area contributed by atoms with Crippen LogP contribution in [0.15, 0.2) is 55.1 Å². The molecule has 0 aliphatic rings. The Labute approximate surface area is 138 Å². The zero-order valence-electron chi connectivity index (χ0n) is 13.0. The Morgan fingerprint density at radius 3 is 2.26 bits per heavy atom. The molecule has 0 spiro atoms. The van der Waals surface area contributed by atoms with E-state index in [9.17, 15) is 4.79 Å². The van der Waals surface area contributed by atoms with Crippen molar-refractivity contribution < 1.29 is 14.3 Å². The molecule has 0 aliphatic heterocycles. The first-order chi connectivity index (χ1) is 11.1. The molecule has 0 fully saturated rings. The van der Waals surface area contributed by atoms with Crippen molar-refractivity contribution in [2.24, 2.45) is 0 Å². The molecule has 0 radical (unpaired) electrons. The number of thiophene rings is 1. The molecule has 4 heteroatoms. The monoisotopic (exact) mass is 324 g/mol. The summed E-state index contributed by atoms with van der Waals surface area (Å²) in [6, 6.07) is 15.0. The predicted octanol–water partition coefficient (Wildman–Crippen LogP) is 4.81. The topological polar surface area (TPSA) is 35.5 Å². The van der Waals surface area contributed by atoms with Crippen LogP contribution < -0.4 is 9.47 Å². The quantitative estimate of drug-likeness (QED) is 0.499. The van der Waals surface area contributed by atoms with Crippen LogP contribution in [0.5, 0.6) is 11.5 Å². The number of rotatable bonds is 5. The van der Waals surface area contributed by atoms with Gasteiger partial charge in [0.15, 0.2) is 0 Å². The van der Waals surface area contributed by atoms with Gasteiger partial charge in [-0.1, -0.05) is 18.7 Å². The van der Waals surface area contributed by atoms with Crippen molar-refractivity contribution in [2.75, 3.05) is 14.2 Å². The number of carbonyl (C=O) groups is 1. The van der Waals surface area contributed by atoms with Gasteiger partial charge in [0.1, 0.15) is 11.5 Å². The van der Waals surface area contributed by atoms with Crippen LogP contribution in [0.1, 0.15) is 15.2 Å². The van der Waals surface area contributed by atoms with Crippen LogP contribution in [0, 0.1) is 0 Å². The highest BCUT2D eigenvalue weighted by Gasteiger charge is 2.15. The first kappa shape index (κ1) is 15.3. The number of fused-ring (bicyclic) bond motifs is 1. The van der Waals surface area contributed by atoms with Gasteiger partial charge in [-0.25, -0.2) is 0 Å². The number of benzene rings is 2. The molecule has 0 saturated carbocycles. The standard InChI is InChI=1S/C19H16O3S/c1-12(13-4-7-15(21-2)8-5-13)19(20)18-10-14-6-9-16(22-3)11-17(14)23-18/h4-11H,1H2,2-3H3. The molecule has 2 aromatic carbocycles. The fourth-order valence-corrected chi connectivity index (χ4v) is 3.38. The molecule has 116 valence electrons. The average Bonchev–Trinajstić information content (AvgIpc) is 3.03. The van der Waals surface area contributed by atoms with E-state index >= 15 is 0 Å². The Bertz CT molecular complexity index is 875. The van der Waals surface area contributed by atoms with Gasteiger partial charge in [0, 0.05) is 10.3 Å². The molecule has 0 unspecified atom stereocenters. The van der Waals surface area contributed by atoms with Gasteiger partial charge < -0.3 is 9.47 Å². The van der Waals surface area contributed by atoms with Gasteiger partial charge >= 0.3 is 0 Å². The summed E-state index contributed by atoms with van der Waals surface area (Å²) in [5, 5.41) is 1.03. The summed E-state index contributed by atoms with van der Waals surface area (Å²) < 4.78 is 11.4. The summed E-state index contributed by atoms with van der Waals surface area (Å²) in [6.07, 6.45) is 0. The Morgan fingerprint density at radius 1 is 0.957 bits per heavy atom. The maximum Gasteiger partial charge on any atom is 0.202 e. The maximum atomic E-state index is 12.7. The Balaban J connectivity index is 1.90. The number of allylic oxidation sites excluding steroid dienone is 1. The maximum absolute atomic E-state index is 12.7. The molecule has 0 aliphatic carbocycles. The third kappa shape index (κ3) is 2.98. The first-order valence-electron chi connectivity index (χ1n) is 7.08.